The molecule has 2 nitrogen and oxygen atoms in total. The van der Waals surface area contributed by atoms with Crippen LogP contribution in [0, 0.1) is 17.3 Å². The monoisotopic (exact) mass is 272 g/mol. The van der Waals surface area contributed by atoms with E-state index in [1.165, 1.54) is 56.9 Å². The Morgan fingerprint density at radius 2 is 1.70 bits per heavy atom. The second kappa shape index (κ2) is 5.40. The van der Waals surface area contributed by atoms with E-state index in [1.807, 2.05) is 0 Å². The van der Waals surface area contributed by atoms with Crippen LogP contribution in [0.25, 0.3) is 0 Å². The van der Waals surface area contributed by atoms with E-state index in [0.29, 0.717) is 11.8 Å². The van der Waals surface area contributed by atoms with Crippen LogP contribution < -0.4 is 11.5 Å². The highest BCUT2D eigenvalue weighted by atomic mass is 14.7. The van der Waals surface area contributed by atoms with Gasteiger partial charge in [0.1, 0.15) is 0 Å². The Labute approximate surface area is 123 Å². The second-order valence-electron chi connectivity index (χ2n) is 6.85. The molecule has 4 N–H and O–H groups in total. The first kappa shape index (κ1) is 13.9. The van der Waals surface area contributed by atoms with Gasteiger partial charge in [-0.3, -0.25) is 0 Å². The van der Waals surface area contributed by atoms with E-state index < -0.39 is 0 Å². The van der Waals surface area contributed by atoms with Crippen LogP contribution in [0.15, 0.2) is 36.1 Å². The van der Waals surface area contributed by atoms with E-state index in [2.05, 4.69) is 24.8 Å². The first-order valence-electron chi connectivity index (χ1n) is 8.27. The van der Waals surface area contributed by atoms with Crippen molar-refractivity contribution < 1.29 is 0 Å². The lowest BCUT2D eigenvalue weighted by Gasteiger charge is -2.41. The molecule has 0 aromatic heterocycles. The summed E-state index contributed by atoms with van der Waals surface area (Å²) < 4.78 is 0. The molecule has 2 atom stereocenters. The Kier molecular flexibility index (Phi) is 3.76. The molecule has 0 heterocycles. The Balaban J connectivity index is 2.01. The summed E-state index contributed by atoms with van der Waals surface area (Å²) in [5.74, 6) is 1.23. The minimum atomic E-state index is -0.121. The zero-order chi connectivity index (χ0) is 14.2. The van der Waals surface area contributed by atoms with Crippen molar-refractivity contribution in [2.24, 2.45) is 28.7 Å². The van der Waals surface area contributed by atoms with Gasteiger partial charge < -0.3 is 11.5 Å². The molecule has 0 aromatic rings. The van der Waals surface area contributed by atoms with Gasteiger partial charge in [-0.1, -0.05) is 43.9 Å². The van der Waals surface area contributed by atoms with Gasteiger partial charge in [-0.15, -0.1) is 6.58 Å². The van der Waals surface area contributed by atoms with Gasteiger partial charge in [0.05, 0.1) is 0 Å². The first-order chi connectivity index (χ1) is 9.69. The Morgan fingerprint density at radius 1 is 1.10 bits per heavy atom. The summed E-state index contributed by atoms with van der Waals surface area (Å²) >= 11 is 0. The molecule has 0 aromatic carbocycles. The second-order valence-corrected chi connectivity index (χ2v) is 6.85. The standard InChI is InChI=1S/C18H28N2/c1-2-18(14-9-5-6-10-14)12-11-15(19)16(17(18)20)13-7-3-4-8-13/h2,11-15H,1,3-10,19-20H2. The van der Waals surface area contributed by atoms with Gasteiger partial charge in [0, 0.05) is 17.2 Å². The normalized spacial score (nSPS) is 36.0. The fraction of sp³-hybridized carbons (Fsp3) is 0.667. The molecule has 2 fully saturated rings. The van der Waals surface area contributed by atoms with E-state index in [9.17, 15) is 0 Å². The average molecular weight is 272 g/mol. The van der Waals surface area contributed by atoms with Crippen LogP contribution in [0.5, 0.6) is 0 Å². The maximum Gasteiger partial charge on any atom is 0.0484 e. The molecule has 2 saturated carbocycles. The van der Waals surface area contributed by atoms with Crippen LogP contribution >= 0.6 is 0 Å². The zero-order valence-electron chi connectivity index (χ0n) is 12.5. The molecule has 2 heteroatoms. The number of hydrogen-bond acceptors (Lipinski definition) is 2. The summed E-state index contributed by atoms with van der Waals surface area (Å²) in [5, 5.41) is 0. The smallest absolute Gasteiger partial charge is 0.0484 e. The van der Waals surface area contributed by atoms with Crippen molar-refractivity contribution >= 4 is 0 Å². The average Bonchev–Trinajstić information content (AvgIpc) is 3.13. The van der Waals surface area contributed by atoms with E-state index in [4.69, 9.17) is 11.5 Å². The quantitative estimate of drug-likeness (QED) is 0.771. The lowest BCUT2D eigenvalue weighted by molar-refractivity contribution is 0.337. The van der Waals surface area contributed by atoms with Crippen molar-refractivity contribution in [2.75, 3.05) is 0 Å². The van der Waals surface area contributed by atoms with E-state index in [-0.39, 0.29) is 11.5 Å². The molecule has 2 unspecified atom stereocenters. The third-order valence-corrected chi connectivity index (χ3v) is 5.88. The fourth-order valence-corrected chi connectivity index (χ4v) is 4.72. The Morgan fingerprint density at radius 3 is 2.30 bits per heavy atom. The van der Waals surface area contributed by atoms with Crippen molar-refractivity contribution in [3.63, 3.8) is 0 Å². The maximum absolute atomic E-state index is 6.70. The summed E-state index contributed by atoms with van der Waals surface area (Å²) in [4.78, 5) is 0. The number of rotatable bonds is 3. The van der Waals surface area contributed by atoms with Gasteiger partial charge in [-0.2, -0.15) is 0 Å². The van der Waals surface area contributed by atoms with Crippen LogP contribution in [0.2, 0.25) is 0 Å². The minimum Gasteiger partial charge on any atom is -0.401 e. The van der Waals surface area contributed by atoms with E-state index >= 15 is 0 Å². The Hall–Kier alpha value is -1.02. The van der Waals surface area contributed by atoms with Gasteiger partial charge >= 0.3 is 0 Å². The fourth-order valence-electron chi connectivity index (χ4n) is 4.72. The van der Waals surface area contributed by atoms with Crippen molar-refractivity contribution in [2.45, 2.75) is 57.4 Å². The van der Waals surface area contributed by atoms with Crippen molar-refractivity contribution in [3.8, 4) is 0 Å². The van der Waals surface area contributed by atoms with Crippen LogP contribution in [-0.2, 0) is 0 Å². The van der Waals surface area contributed by atoms with Crippen molar-refractivity contribution in [3.05, 3.63) is 36.1 Å². The predicted molar refractivity (Wildman–Crippen MR) is 84.9 cm³/mol. The minimum absolute atomic E-state index is 0.0209. The van der Waals surface area contributed by atoms with Crippen molar-refractivity contribution in [1.29, 1.82) is 0 Å². The number of hydrogen-bond donors (Lipinski definition) is 2. The van der Waals surface area contributed by atoms with Crippen LogP contribution in [0.1, 0.15) is 51.4 Å². The van der Waals surface area contributed by atoms with Gasteiger partial charge in [-0.25, -0.2) is 0 Å². The topological polar surface area (TPSA) is 52.0 Å². The third kappa shape index (κ3) is 2.05. The van der Waals surface area contributed by atoms with E-state index in [1.54, 1.807) is 0 Å². The first-order valence-corrected chi connectivity index (χ1v) is 8.27. The summed E-state index contributed by atoms with van der Waals surface area (Å²) in [5.41, 5.74) is 15.3. The summed E-state index contributed by atoms with van der Waals surface area (Å²) in [6.45, 7) is 4.13. The predicted octanol–water partition coefficient (Wildman–Crippen LogP) is 3.65. The molecule has 3 aliphatic carbocycles. The highest BCUT2D eigenvalue weighted by Gasteiger charge is 2.43. The molecule has 110 valence electrons. The third-order valence-electron chi connectivity index (χ3n) is 5.88. The van der Waals surface area contributed by atoms with Crippen LogP contribution in [0.4, 0.5) is 0 Å². The number of nitrogens with two attached hydrogens (primary N) is 2. The summed E-state index contributed by atoms with van der Waals surface area (Å²) in [6.07, 6.45) is 16.9. The molecule has 0 radical (unpaired) electrons. The lowest BCUT2D eigenvalue weighted by Crippen LogP contribution is -2.41. The molecule has 3 rings (SSSR count). The SMILES string of the molecule is C=CC1(C2CCCC2)C=CC(N)C(C2CCCC2)=C1N. The molecule has 0 saturated heterocycles. The Bertz CT molecular complexity index is 436. The summed E-state index contributed by atoms with van der Waals surface area (Å²) in [7, 11) is 0. The molecule has 3 aliphatic rings. The van der Waals surface area contributed by atoms with Gasteiger partial charge in [-0.05, 0) is 43.1 Å². The highest BCUT2D eigenvalue weighted by molar-refractivity contribution is 5.42. The largest absolute Gasteiger partial charge is 0.401 e. The van der Waals surface area contributed by atoms with Crippen LogP contribution in [0.3, 0.4) is 0 Å². The van der Waals surface area contributed by atoms with Gasteiger partial charge in [0.15, 0.2) is 0 Å². The lowest BCUT2D eigenvalue weighted by atomic mass is 9.66. The summed E-state index contributed by atoms with van der Waals surface area (Å²) in [6, 6.07) is 0.0209. The molecule has 0 aliphatic heterocycles. The van der Waals surface area contributed by atoms with Gasteiger partial charge in [0.2, 0.25) is 0 Å². The molecule has 0 spiro atoms. The molecular formula is C18H28N2. The molecule has 0 amide bonds. The highest BCUT2D eigenvalue weighted by Crippen LogP contribution is 2.50. The van der Waals surface area contributed by atoms with E-state index in [0.717, 1.165) is 5.70 Å². The van der Waals surface area contributed by atoms with Gasteiger partial charge in [0.25, 0.3) is 0 Å². The number of allylic oxidation sites excluding steroid dienone is 1. The van der Waals surface area contributed by atoms with Crippen LogP contribution in [-0.4, -0.2) is 6.04 Å². The maximum atomic E-state index is 6.70. The molecule has 20 heavy (non-hydrogen) atoms. The van der Waals surface area contributed by atoms with Crippen molar-refractivity contribution in [1.82, 2.24) is 0 Å². The zero-order valence-corrected chi connectivity index (χ0v) is 12.5. The molecule has 0 bridgehead atoms. The molecular weight excluding hydrogens is 244 g/mol.